The summed E-state index contributed by atoms with van der Waals surface area (Å²) in [5, 5.41) is 22.9. The number of aliphatic hydroxyl groups excluding tert-OH is 2. The maximum Gasteiger partial charge on any atom is 0.127 e. The predicted octanol–water partition coefficient (Wildman–Crippen LogP) is 1.93. The van der Waals surface area contributed by atoms with Crippen molar-refractivity contribution in [2.45, 2.75) is 18.6 Å². The van der Waals surface area contributed by atoms with E-state index in [2.05, 4.69) is 10.0 Å². The van der Waals surface area contributed by atoms with Gasteiger partial charge in [0.05, 0.1) is 13.2 Å². The molecule has 2 N–H and O–H groups in total. The molecular formula is C11H14FN3O3. The summed E-state index contributed by atoms with van der Waals surface area (Å²) in [6.45, 7) is 0.0677. The van der Waals surface area contributed by atoms with Gasteiger partial charge in [0.1, 0.15) is 17.7 Å². The fourth-order valence-electron chi connectivity index (χ4n) is 1.53. The molecule has 0 spiro atoms. The summed E-state index contributed by atoms with van der Waals surface area (Å²) < 4.78 is 17.9. The molecule has 1 aromatic carbocycles. The summed E-state index contributed by atoms with van der Waals surface area (Å²) in [7, 11) is 1.34. The van der Waals surface area contributed by atoms with E-state index in [1.54, 1.807) is 0 Å². The lowest BCUT2D eigenvalue weighted by molar-refractivity contribution is 0.0136. The van der Waals surface area contributed by atoms with Crippen molar-refractivity contribution in [3.05, 3.63) is 40.0 Å². The van der Waals surface area contributed by atoms with Crippen LogP contribution in [0.2, 0.25) is 0 Å². The van der Waals surface area contributed by atoms with Crippen LogP contribution < -0.4 is 4.74 Å². The van der Waals surface area contributed by atoms with Gasteiger partial charge in [-0.05, 0) is 24.1 Å². The number of hydrogen-bond acceptors (Lipinski definition) is 4. The number of ether oxygens (including phenoxy) is 1. The minimum atomic E-state index is -1.23. The molecule has 18 heavy (non-hydrogen) atoms. The topological polar surface area (TPSA) is 98.5 Å². The van der Waals surface area contributed by atoms with Crippen LogP contribution in [-0.4, -0.2) is 30.0 Å². The Balaban J connectivity index is 2.82. The van der Waals surface area contributed by atoms with Gasteiger partial charge in [-0.15, -0.1) is 0 Å². The smallest absolute Gasteiger partial charge is 0.127 e. The highest BCUT2D eigenvalue weighted by molar-refractivity contribution is 5.36. The summed E-state index contributed by atoms with van der Waals surface area (Å²) in [6, 6.07) is 3.63. The minimum absolute atomic E-state index is 0.0677. The SMILES string of the molecule is COc1cc(F)ccc1C(O)C(O)CCN=[N+]=[N-]. The molecule has 0 aliphatic rings. The number of methoxy groups -OCH3 is 1. The molecule has 98 valence electrons. The van der Waals surface area contributed by atoms with Gasteiger partial charge < -0.3 is 14.9 Å². The van der Waals surface area contributed by atoms with Crippen LogP contribution in [-0.2, 0) is 0 Å². The van der Waals surface area contributed by atoms with E-state index in [1.165, 1.54) is 19.2 Å². The van der Waals surface area contributed by atoms with Gasteiger partial charge in [-0.25, -0.2) is 4.39 Å². The molecule has 2 unspecified atom stereocenters. The van der Waals surface area contributed by atoms with E-state index in [9.17, 15) is 14.6 Å². The zero-order valence-corrected chi connectivity index (χ0v) is 9.82. The van der Waals surface area contributed by atoms with Crippen molar-refractivity contribution in [2.24, 2.45) is 5.11 Å². The molecule has 0 bridgehead atoms. The second-order valence-corrected chi connectivity index (χ2v) is 3.64. The third-order valence-corrected chi connectivity index (χ3v) is 2.47. The normalized spacial score (nSPS) is 13.6. The molecule has 0 saturated heterocycles. The van der Waals surface area contributed by atoms with Crippen LogP contribution in [0.1, 0.15) is 18.1 Å². The molecule has 0 aromatic heterocycles. The van der Waals surface area contributed by atoms with Crippen LogP contribution in [0.5, 0.6) is 5.75 Å². The van der Waals surface area contributed by atoms with Gasteiger partial charge in [-0.2, -0.15) is 0 Å². The number of hydrogen-bond donors (Lipinski definition) is 2. The third kappa shape index (κ3) is 3.59. The Kier molecular flexibility index (Phi) is 5.38. The van der Waals surface area contributed by atoms with E-state index in [0.29, 0.717) is 0 Å². The molecular weight excluding hydrogens is 241 g/mol. The van der Waals surface area contributed by atoms with Gasteiger partial charge in [0.25, 0.3) is 0 Å². The van der Waals surface area contributed by atoms with Crippen molar-refractivity contribution in [1.29, 1.82) is 0 Å². The number of nitrogens with zero attached hydrogens (tertiary/aromatic N) is 3. The highest BCUT2D eigenvalue weighted by Gasteiger charge is 2.21. The maximum atomic E-state index is 13.0. The largest absolute Gasteiger partial charge is 0.496 e. The summed E-state index contributed by atoms with van der Waals surface area (Å²) >= 11 is 0. The van der Waals surface area contributed by atoms with Gasteiger partial charge in [0.15, 0.2) is 0 Å². The zero-order chi connectivity index (χ0) is 13.5. The molecule has 2 atom stereocenters. The first-order valence-electron chi connectivity index (χ1n) is 5.30. The van der Waals surface area contributed by atoms with Gasteiger partial charge in [0.2, 0.25) is 0 Å². The number of azide groups is 1. The second-order valence-electron chi connectivity index (χ2n) is 3.64. The van der Waals surface area contributed by atoms with Crippen molar-refractivity contribution in [1.82, 2.24) is 0 Å². The fourth-order valence-corrected chi connectivity index (χ4v) is 1.53. The third-order valence-electron chi connectivity index (χ3n) is 2.47. The average Bonchev–Trinajstić information content (AvgIpc) is 2.37. The van der Waals surface area contributed by atoms with E-state index >= 15 is 0 Å². The van der Waals surface area contributed by atoms with Gasteiger partial charge in [0, 0.05) is 23.1 Å². The number of halogens is 1. The molecule has 0 saturated carbocycles. The van der Waals surface area contributed by atoms with Crippen LogP contribution in [0.3, 0.4) is 0 Å². The minimum Gasteiger partial charge on any atom is -0.496 e. The quantitative estimate of drug-likeness (QED) is 0.461. The van der Waals surface area contributed by atoms with E-state index in [0.717, 1.165) is 6.07 Å². The van der Waals surface area contributed by atoms with Crippen LogP contribution in [0.4, 0.5) is 4.39 Å². The van der Waals surface area contributed by atoms with E-state index < -0.39 is 18.0 Å². The molecule has 1 rings (SSSR count). The Morgan fingerprint density at radius 1 is 1.50 bits per heavy atom. The van der Waals surface area contributed by atoms with Crippen molar-refractivity contribution >= 4 is 0 Å². The first kappa shape index (κ1) is 14.2. The molecule has 0 fully saturated rings. The molecule has 0 radical (unpaired) electrons. The molecule has 0 amide bonds. The molecule has 0 aliphatic carbocycles. The van der Waals surface area contributed by atoms with E-state index in [4.69, 9.17) is 10.3 Å². The Morgan fingerprint density at radius 2 is 2.22 bits per heavy atom. The predicted molar refractivity (Wildman–Crippen MR) is 62.5 cm³/mol. The summed E-state index contributed by atoms with van der Waals surface area (Å²) in [5.41, 5.74) is 8.38. The lowest BCUT2D eigenvalue weighted by Gasteiger charge is -2.19. The Bertz CT molecular complexity index is 449. The Morgan fingerprint density at radius 3 is 2.83 bits per heavy atom. The molecule has 7 heteroatoms. The van der Waals surface area contributed by atoms with Crippen molar-refractivity contribution < 1.29 is 19.3 Å². The van der Waals surface area contributed by atoms with E-state index in [-0.39, 0.29) is 24.3 Å². The van der Waals surface area contributed by atoms with Crippen LogP contribution in [0, 0.1) is 5.82 Å². The van der Waals surface area contributed by atoms with Crippen LogP contribution >= 0.6 is 0 Å². The second kappa shape index (κ2) is 6.80. The number of benzene rings is 1. The number of aliphatic hydroxyl groups is 2. The first-order chi connectivity index (χ1) is 8.60. The average molecular weight is 255 g/mol. The van der Waals surface area contributed by atoms with Crippen LogP contribution in [0.15, 0.2) is 23.3 Å². The first-order valence-corrected chi connectivity index (χ1v) is 5.30. The summed E-state index contributed by atoms with van der Waals surface area (Å²) in [6.07, 6.45) is -2.24. The zero-order valence-electron chi connectivity index (χ0n) is 9.82. The lowest BCUT2D eigenvalue weighted by Crippen LogP contribution is -2.19. The van der Waals surface area contributed by atoms with Gasteiger partial charge in [-0.3, -0.25) is 0 Å². The van der Waals surface area contributed by atoms with Crippen molar-refractivity contribution in [3.63, 3.8) is 0 Å². The highest BCUT2D eigenvalue weighted by Crippen LogP contribution is 2.29. The Hall–Kier alpha value is -1.82. The fraction of sp³-hybridized carbons (Fsp3) is 0.455. The standard InChI is InChI=1S/C11H14FN3O3/c1-18-10-6-7(12)2-3-8(10)11(17)9(16)4-5-14-15-13/h2-3,6,9,11,16-17H,4-5H2,1H3. The van der Waals surface area contributed by atoms with E-state index in [1.807, 2.05) is 0 Å². The summed E-state index contributed by atoms with van der Waals surface area (Å²) in [5.74, 6) is -0.336. The molecule has 0 aliphatic heterocycles. The van der Waals surface area contributed by atoms with Gasteiger partial charge in [-0.1, -0.05) is 5.11 Å². The molecule has 0 heterocycles. The van der Waals surface area contributed by atoms with Crippen LogP contribution in [0.25, 0.3) is 10.4 Å². The number of rotatable bonds is 6. The maximum absolute atomic E-state index is 13.0. The monoisotopic (exact) mass is 255 g/mol. The molecule has 6 nitrogen and oxygen atoms in total. The summed E-state index contributed by atoms with van der Waals surface area (Å²) in [4.78, 5) is 2.54. The Labute approximate surface area is 103 Å². The highest BCUT2D eigenvalue weighted by atomic mass is 19.1. The lowest BCUT2D eigenvalue weighted by atomic mass is 10.0. The van der Waals surface area contributed by atoms with Gasteiger partial charge >= 0.3 is 0 Å². The van der Waals surface area contributed by atoms with Crippen molar-refractivity contribution in [3.8, 4) is 5.75 Å². The van der Waals surface area contributed by atoms with Crippen molar-refractivity contribution in [2.75, 3.05) is 13.7 Å². The molecule has 1 aromatic rings.